The van der Waals surface area contributed by atoms with Gasteiger partial charge in [0.15, 0.2) is 11.2 Å². The van der Waals surface area contributed by atoms with E-state index in [9.17, 15) is 9.59 Å². The van der Waals surface area contributed by atoms with Gasteiger partial charge < -0.3 is 14.8 Å². The quantitative estimate of drug-likeness (QED) is 0.691. The van der Waals surface area contributed by atoms with Crippen molar-refractivity contribution in [2.45, 2.75) is 32.7 Å². The Morgan fingerprint density at radius 1 is 1.22 bits per heavy atom. The molecule has 0 radical (unpaired) electrons. The molecule has 0 aromatic carbocycles. The molecule has 2 aromatic heterocycles. The number of H-pyrrole nitrogens is 1. The summed E-state index contributed by atoms with van der Waals surface area (Å²) in [4.78, 5) is 33.5. The molecule has 0 aliphatic carbocycles. The number of piperazine rings is 1. The third kappa shape index (κ3) is 2.90. The normalized spacial score (nSPS) is 15.5. The van der Waals surface area contributed by atoms with Gasteiger partial charge in [-0.15, -0.1) is 0 Å². The second-order valence-electron chi connectivity index (χ2n) is 6.11. The third-order valence-electron chi connectivity index (χ3n) is 4.46. The number of imidazole rings is 1. The molecule has 3 heterocycles. The van der Waals surface area contributed by atoms with Gasteiger partial charge in [0.1, 0.15) is 0 Å². The molecule has 0 saturated carbocycles. The van der Waals surface area contributed by atoms with Gasteiger partial charge >= 0.3 is 5.69 Å². The van der Waals surface area contributed by atoms with Crippen molar-refractivity contribution in [2.75, 3.05) is 31.1 Å². The van der Waals surface area contributed by atoms with E-state index in [1.807, 2.05) is 4.57 Å². The predicted octanol–water partition coefficient (Wildman–Crippen LogP) is -1.00. The molecular weight excluding hydrogens is 296 g/mol. The van der Waals surface area contributed by atoms with Crippen LogP contribution in [0.1, 0.15) is 26.2 Å². The Hall–Kier alpha value is -2.09. The van der Waals surface area contributed by atoms with E-state index in [2.05, 4.69) is 27.1 Å². The molecule has 3 N–H and O–H groups in total. The molecule has 1 aliphatic heterocycles. The monoisotopic (exact) mass is 321 g/mol. The number of rotatable bonds is 5. The highest BCUT2D eigenvalue weighted by Crippen LogP contribution is 2.20. The maximum atomic E-state index is 12.3. The number of unbranched alkanes of at least 4 members (excludes halogenated alkanes) is 2. The summed E-state index contributed by atoms with van der Waals surface area (Å²) in [5, 5.41) is 2.28. The van der Waals surface area contributed by atoms with Crippen molar-refractivity contribution >= 4 is 17.1 Å². The zero-order chi connectivity index (χ0) is 16.4. The summed E-state index contributed by atoms with van der Waals surface area (Å²) in [6.07, 6.45) is 3.23. The summed E-state index contributed by atoms with van der Waals surface area (Å²) in [6, 6.07) is 0. The summed E-state index contributed by atoms with van der Waals surface area (Å²) in [7, 11) is 1.65. The van der Waals surface area contributed by atoms with Crippen LogP contribution in [0.25, 0.3) is 11.2 Å². The Kier molecular flexibility index (Phi) is 4.51. The average Bonchev–Trinajstić information content (AvgIpc) is 2.94. The van der Waals surface area contributed by atoms with Gasteiger partial charge in [0, 0.05) is 13.6 Å². The first-order valence-corrected chi connectivity index (χ1v) is 8.39. The minimum atomic E-state index is -0.417. The van der Waals surface area contributed by atoms with Gasteiger partial charge in [-0.2, -0.15) is 4.98 Å². The summed E-state index contributed by atoms with van der Waals surface area (Å²) in [5.41, 5.74) is 0.216. The lowest BCUT2D eigenvalue weighted by Gasteiger charge is -2.26. The Labute approximate surface area is 134 Å². The fourth-order valence-electron chi connectivity index (χ4n) is 3.15. The van der Waals surface area contributed by atoms with Crippen LogP contribution in [-0.4, -0.2) is 45.3 Å². The van der Waals surface area contributed by atoms with Crippen LogP contribution in [0.2, 0.25) is 0 Å². The van der Waals surface area contributed by atoms with E-state index in [0.717, 1.165) is 57.9 Å². The molecule has 23 heavy (non-hydrogen) atoms. The van der Waals surface area contributed by atoms with Gasteiger partial charge in [-0.1, -0.05) is 19.8 Å². The molecule has 126 valence electrons. The van der Waals surface area contributed by atoms with Gasteiger partial charge in [0.05, 0.1) is 26.2 Å². The van der Waals surface area contributed by atoms with Crippen molar-refractivity contribution in [3.8, 4) is 0 Å². The third-order valence-corrected chi connectivity index (χ3v) is 4.46. The van der Waals surface area contributed by atoms with Crippen molar-refractivity contribution in [3.63, 3.8) is 0 Å². The van der Waals surface area contributed by atoms with Crippen LogP contribution in [-0.2, 0) is 13.6 Å². The topological polar surface area (TPSA) is 92.5 Å². The zero-order valence-corrected chi connectivity index (χ0v) is 13.8. The maximum absolute atomic E-state index is 12.3. The van der Waals surface area contributed by atoms with E-state index < -0.39 is 5.69 Å². The minimum Gasteiger partial charge on any atom is -0.343 e. The highest BCUT2D eigenvalue weighted by atomic mass is 16.2. The molecule has 1 saturated heterocycles. The SMILES string of the molecule is CCCCCn1c(N2CC[NH2+]CC2)nc2c1c(=O)[nH]c(=O)n2C. The molecule has 1 aliphatic rings. The standard InChI is InChI=1S/C15H24N6O2/c1-3-4-5-8-21-11-12(19(2)15(23)18-13(11)22)17-14(21)20-9-6-16-7-10-20/h16H,3-10H2,1-2H3,(H,18,22,23)/p+1. The van der Waals surface area contributed by atoms with Crippen molar-refractivity contribution in [3.05, 3.63) is 20.8 Å². The Bertz CT molecular complexity index is 797. The maximum Gasteiger partial charge on any atom is 0.329 e. The van der Waals surface area contributed by atoms with Crippen LogP contribution in [0.3, 0.4) is 0 Å². The minimum absolute atomic E-state index is 0.345. The van der Waals surface area contributed by atoms with Crippen molar-refractivity contribution in [1.82, 2.24) is 19.1 Å². The molecule has 0 atom stereocenters. The number of nitrogens with two attached hydrogens (primary N) is 1. The summed E-state index contributed by atoms with van der Waals surface area (Å²) >= 11 is 0. The number of anilines is 1. The number of aromatic nitrogens is 4. The molecule has 0 bridgehead atoms. The summed E-state index contributed by atoms with van der Waals surface area (Å²) in [6.45, 7) is 6.76. The van der Waals surface area contributed by atoms with Crippen LogP contribution in [0.15, 0.2) is 9.59 Å². The number of hydrogen-bond donors (Lipinski definition) is 2. The first-order valence-electron chi connectivity index (χ1n) is 8.39. The number of hydrogen-bond acceptors (Lipinski definition) is 4. The van der Waals surface area contributed by atoms with E-state index in [-0.39, 0.29) is 5.56 Å². The number of nitrogens with zero attached hydrogens (tertiary/aromatic N) is 4. The smallest absolute Gasteiger partial charge is 0.329 e. The van der Waals surface area contributed by atoms with Crippen molar-refractivity contribution < 1.29 is 5.32 Å². The molecule has 0 amide bonds. The molecule has 1 fully saturated rings. The average molecular weight is 321 g/mol. The fourth-order valence-corrected chi connectivity index (χ4v) is 3.15. The highest BCUT2D eigenvalue weighted by molar-refractivity contribution is 5.74. The Morgan fingerprint density at radius 3 is 2.65 bits per heavy atom. The second-order valence-corrected chi connectivity index (χ2v) is 6.11. The number of quaternary nitrogens is 1. The Morgan fingerprint density at radius 2 is 1.96 bits per heavy atom. The lowest BCUT2D eigenvalue weighted by molar-refractivity contribution is -0.655. The molecule has 0 spiro atoms. The fraction of sp³-hybridized carbons (Fsp3) is 0.667. The van der Waals surface area contributed by atoms with Gasteiger partial charge in [-0.3, -0.25) is 14.3 Å². The van der Waals surface area contributed by atoms with Crippen LogP contribution in [0.5, 0.6) is 0 Å². The zero-order valence-electron chi connectivity index (χ0n) is 13.8. The first kappa shape index (κ1) is 15.8. The highest BCUT2D eigenvalue weighted by Gasteiger charge is 2.23. The van der Waals surface area contributed by atoms with Crippen molar-refractivity contribution in [1.29, 1.82) is 0 Å². The molecule has 8 nitrogen and oxygen atoms in total. The first-order chi connectivity index (χ1) is 11.1. The van der Waals surface area contributed by atoms with Crippen LogP contribution in [0.4, 0.5) is 5.95 Å². The molecule has 8 heteroatoms. The summed E-state index contributed by atoms with van der Waals surface area (Å²) < 4.78 is 3.42. The lowest BCUT2D eigenvalue weighted by atomic mass is 10.2. The molecular formula is C15H25N6O2+. The van der Waals surface area contributed by atoms with E-state index >= 15 is 0 Å². The number of nitrogens with one attached hydrogen (secondary N) is 1. The van der Waals surface area contributed by atoms with E-state index in [1.54, 1.807) is 7.05 Å². The van der Waals surface area contributed by atoms with E-state index in [1.165, 1.54) is 4.57 Å². The predicted molar refractivity (Wildman–Crippen MR) is 89.0 cm³/mol. The lowest BCUT2D eigenvalue weighted by Crippen LogP contribution is -2.89. The van der Waals surface area contributed by atoms with Crippen LogP contribution < -0.4 is 21.5 Å². The van der Waals surface area contributed by atoms with Crippen LogP contribution in [0, 0.1) is 0 Å². The molecule has 0 unspecified atom stereocenters. The number of aromatic amines is 1. The molecule has 2 aromatic rings. The second kappa shape index (κ2) is 6.57. The van der Waals surface area contributed by atoms with Gasteiger partial charge in [0.2, 0.25) is 5.95 Å². The number of aryl methyl sites for hydroxylation is 2. The van der Waals surface area contributed by atoms with Crippen molar-refractivity contribution in [2.24, 2.45) is 7.05 Å². The largest absolute Gasteiger partial charge is 0.343 e. The van der Waals surface area contributed by atoms with E-state index in [4.69, 9.17) is 0 Å². The van der Waals surface area contributed by atoms with Gasteiger partial charge in [0.25, 0.3) is 5.56 Å². The number of fused-ring (bicyclic) bond motifs is 1. The van der Waals surface area contributed by atoms with Gasteiger partial charge in [-0.05, 0) is 6.42 Å². The Balaban J connectivity index is 2.14. The summed E-state index contributed by atoms with van der Waals surface area (Å²) in [5.74, 6) is 0.816. The van der Waals surface area contributed by atoms with Gasteiger partial charge in [-0.25, -0.2) is 4.79 Å². The molecule has 3 rings (SSSR count). The van der Waals surface area contributed by atoms with Crippen LogP contribution >= 0.6 is 0 Å². The van der Waals surface area contributed by atoms with E-state index in [0.29, 0.717) is 11.2 Å².